The standard InChI is InChI=1S/C22H23FN2O3/c1-3-19(15-8-10-16(27-2)11-9-15)25-21(26)12-13-22-24-14-20(28-22)17-6-4-5-7-18(17)23/h4-11,14,19H,3,12-13H2,1-2H3,(H,25,26)/t19-/m0/s1. The fourth-order valence-corrected chi connectivity index (χ4v) is 2.96. The molecule has 2 aromatic carbocycles. The molecule has 0 bridgehead atoms. The second kappa shape index (κ2) is 9.17. The molecule has 1 heterocycles. The highest BCUT2D eigenvalue weighted by atomic mass is 19.1. The first-order valence-corrected chi connectivity index (χ1v) is 9.23. The van der Waals surface area contributed by atoms with Crippen LogP contribution in [0.3, 0.4) is 0 Å². The highest BCUT2D eigenvalue weighted by Gasteiger charge is 2.15. The third-order valence-electron chi connectivity index (χ3n) is 4.52. The van der Waals surface area contributed by atoms with Gasteiger partial charge in [-0.3, -0.25) is 4.79 Å². The van der Waals surface area contributed by atoms with E-state index in [0.29, 0.717) is 23.6 Å². The maximum Gasteiger partial charge on any atom is 0.220 e. The van der Waals surface area contributed by atoms with Gasteiger partial charge < -0.3 is 14.5 Å². The largest absolute Gasteiger partial charge is 0.497 e. The van der Waals surface area contributed by atoms with E-state index in [9.17, 15) is 9.18 Å². The number of nitrogens with one attached hydrogen (secondary N) is 1. The SMILES string of the molecule is CC[C@H](NC(=O)CCc1ncc(-c2ccccc2F)o1)c1ccc(OC)cc1. The predicted molar refractivity (Wildman–Crippen MR) is 104 cm³/mol. The molecule has 5 nitrogen and oxygen atoms in total. The molecule has 0 aliphatic carbocycles. The van der Waals surface area contributed by atoms with Gasteiger partial charge >= 0.3 is 0 Å². The molecule has 0 spiro atoms. The maximum absolute atomic E-state index is 13.8. The molecular weight excluding hydrogens is 359 g/mol. The van der Waals surface area contributed by atoms with Crippen molar-refractivity contribution in [2.75, 3.05) is 7.11 Å². The van der Waals surface area contributed by atoms with Gasteiger partial charge in [0.15, 0.2) is 11.7 Å². The van der Waals surface area contributed by atoms with Crippen LogP contribution >= 0.6 is 0 Å². The third kappa shape index (κ3) is 4.76. The molecule has 3 aromatic rings. The van der Waals surface area contributed by atoms with E-state index in [4.69, 9.17) is 9.15 Å². The summed E-state index contributed by atoms with van der Waals surface area (Å²) in [5, 5.41) is 3.03. The van der Waals surface area contributed by atoms with Crippen molar-refractivity contribution in [3.63, 3.8) is 0 Å². The highest BCUT2D eigenvalue weighted by Crippen LogP contribution is 2.24. The number of hydrogen-bond donors (Lipinski definition) is 1. The average molecular weight is 382 g/mol. The number of nitrogens with zero attached hydrogens (tertiary/aromatic N) is 1. The predicted octanol–water partition coefficient (Wildman–Crippen LogP) is 4.69. The number of rotatable bonds is 8. The van der Waals surface area contributed by atoms with Crippen molar-refractivity contribution in [2.45, 2.75) is 32.2 Å². The quantitative estimate of drug-likeness (QED) is 0.614. The molecule has 1 N–H and O–H groups in total. The van der Waals surface area contributed by atoms with E-state index in [-0.39, 0.29) is 24.2 Å². The van der Waals surface area contributed by atoms with E-state index >= 15 is 0 Å². The summed E-state index contributed by atoms with van der Waals surface area (Å²) in [5.41, 5.74) is 1.38. The lowest BCUT2D eigenvalue weighted by Gasteiger charge is -2.17. The van der Waals surface area contributed by atoms with Crippen molar-refractivity contribution in [3.05, 3.63) is 72.0 Å². The lowest BCUT2D eigenvalue weighted by molar-refractivity contribution is -0.121. The summed E-state index contributed by atoms with van der Waals surface area (Å²) in [6.45, 7) is 2.02. The van der Waals surface area contributed by atoms with Crippen LogP contribution < -0.4 is 10.1 Å². The van der Waals surface area contributed by atoms with Gasteiger partial charge in [-0.2, -0.15) is 0 Å². The summed E-state index contributed by atoms with van der Waals surface area (Å²) in [6, 6.07) is 13.9. The highest BCUT2D eigenvalue weighted by molar-refractivity contribution is 5.76. The Hall–Kier alpha value is -3.15. The number of carbonyl (C=O) groups is 1. The Morgan fingerprint density at radius 3 is 2.64 bits per heavy atom. The normalized spacial score (nSPS) is 11.8. The van der Waals surface area contributed by atoms with Crippen molar-refractivity contribution >= 4 is 5.91 Å². The second-order valence-corrected chi connectivity index (χ2v) is 6.40. The maximum atomic E-state index is 13.8. The van der Waals surface area contributed by atoms with Crippen LogP contribution in [0, 0.1) is 5.82 Å². The third-order valence-corrected chi connectivity index (χ3v) is 4.52. The number of ether oxygens (including phenoxy) is 1. The molecule has 0 saturated carbocycles. The summed E-state index contributed by atoms with van der Waals surface area (Å²) in [6.07, 6.45) is 2.84. The van der Waals surface area contributed by atoms with Crippen LogP contribution in [0.4, 0.5) is 4.39 Å². The first-order chi connectivity index (χ1) is 13.6. The molecule has 0 saturated heterocycles. The lowest BCUT2D eigenvalue weighted by atomic mass is 10.0. The van der Waals surface area contributed by atoms with E-state index in [1.54, 1.807) is 25.3 Å². The Balaban J connectivity index is 1.57. The van der Waals surface area contributed by atoms with Gasteiger partial charge in [-0.1, -0.05) is 31.2 Å². The molecule has 1 aromatic heterocycles. The van der Waals surface area contributed by atoms with Crippen LogP contribution in [0.5, 0.6) is 5.75 Å². The van der Waals surface area contributed by atoms with Crippen LogP contribution in [0.2, 0.25) is 0 Å². The average Bonchev–Trinajstić information content (AvgIpc) is 3.20. The molecule has 3 rings (SSSR count). The molecule has 146 valence electrons. The molecule has 0 aliphatic rings. The van der Waals surface area contributed by atoms with Crippen molar-refractivity contribution < 1.29 is 18.3 Å². The summed E-state index contributed by atoms with van der Waals surface area (Å²) in [7, 11) is 1.62. The van der Waals surface area contributed by atoms with Gasteiger partial charge in [0.05, 0.1) is 24.9 Å². The molecule has 0 aliphatic heterocycles. The molecule has 0 unspecified atom stereocenters. The summed E-state index contributed by atoms with van der Waals surface area (Å²) in [5.74, 6) is 1.09. The van der Waals surface area contributed by atoms with E-state index in [1.165, 1.54) is 12.3 Å². The van der Waals surface area contributed by atoms with Crippen molar-refractivity contribution in [1.29, 1.82) is 0 Å². The van der Waals surface area contributed by atoms with Crippen molar-refractivity contribution in [2.24, 2.45) is 0 Å². The minimum Gasteiger partial charge on any atom is -0.497 e. The Bertz CT molecular complexity index is 922. The minimum absolute atomic E-state index is 0.0723. The Morgan fingerprint density at radius 1 is 1.21 bits per heavy atom. The molecule has 1 amide bonds. The minimum atomic E-state index is -0.367. The number of halogens is 1. The molecule has 0 radical (unpaired) electrons. The van der Waals surface area contributed by atoms with Gasteiger partial charge in [0.25, 0.3) is 0 Å². The van der Waals surface area contributed by atoms with Crippen LogP contribution in [-0.4, -0.2) is 18.0 Å². The van der Waals surface area contributed by atoms with Gasteiger partial charge in [0.1, 0.15) is 11.6 Å². The number of benzene rings is 2. The van der Waals surface area contributed by atoms with Crippen molar-refractivity contribution in [1.82, 2.24) is 10.3 Å². The van der Waals surface area contributed by atoms with Crippen LogP contribution in [-0.2, 0) is 11.2 Å². The number of methoxy groups -OCH3 is 1. The molecule has 1 atom stereocenters. The Kier molecular flexibility index (Phi) is 6.42. The first-order valence-electron chi connectivity index (χ1n) is 9.23. The summed E-state index contributed by atoms with van der Waals surface area (Å²) >= 11 is 0. The second-order valence-electron chi connectivity index (χ2n) is 6.40. The number of aromatic nitrogens is 1. The summed E-state index contributed by atoms with van der Waals surface area (Å²) < 4.78 is 24.6. The molecule has 0 fully saturated rings. The number of hydrogen-bond acceptors (Lipinski definition) is 4. The number of amides is 1. The molecular formula is C22H23FN2O3. The molecule has 28 heavy (non-hydrogen) atoms. The van der Waals surface area contributed by atoms with Crippen LogP contribution in [0.25, 0.3) is 11.3 Å². The zero-order valence-corrected chi connectivity index (χ0v) is 15.9. The van der Waals surface area contributed by atoms with E-state index in [1.807, 2.05) is 31.2 Å². The van der Waals surface area contributed by atoms with Gasteiger partial charge in [0, 0.05) is 12.8 Å². The van der Waals surface area contributed by atoms with Crippen molar-refractivity contribution in [3.8, 4) is 17.1 Å². The van der Waals surface area contributed by atoms with Gasteiger partial charge in [-0.25, -0.2) is 9.37 Å². The van der Waals surface area contributed by atoms with Gasteiger partial charge in [-0.15, -0.1) is 0 Å². The smallest absolute Gasteiger partial charge is 0.220 e. The molecule has 6 heteroatoms. The first kappa shape index (κ1) is 19.6. The zero-order valence-electron chi connectivity index (χ0n) is 15.9. The fraction of sp³-hybridized carbons (Fsp3) is 0.273. The van der Waals surface area contributed by atoms with E-state index < -0.39 is 0 Å². The number of aryl methyl sites for hydroxylation is 1. The Morgan fingerprint density at radius 2 is 1.96 bits per heavy atom. The summed E-state index contributed by atoms with van der Waals surface area (Å²) in [4.78, 5) is 16.5. The Labute approximate surface area is 163 Å². The van der Waals surface area contributed by atoms with Crippen LogP contribution in [0.15, 0.2) is 59.1 Å². The topological polar surface area (TPSA) is 64.4 Å². The monoisotopic (exact) mass is 382 g/mol. The van der Waals surface area contributed by atoms with Crippen LogP contribution in [0.1, 0.15) is 37.3 Å². The fourth-order valence-electron chi connectivity index (χ4n) is 2.96. The van der Waals surface area contributed by atoms with Gasteiger partial charge in [0.2, 0.25) is 5.91 Å². The van der Waals surface area contributed by atoms with E-state index in [0.717, 1.165) is 17.7 Å². The van der Waals surface area contributed by atoms with Gasteiger partial charge in [-0.05, 0) is 36.2 Å². The number of oxazole rings is 1. The number of carbonyl (C=O) groups excluding carboxylic acids is 1. The lowest BCUT2D eigenvalue weighted by Crippen LogP contribution is -2.28. The zero-order chi connectivity index (χ0) is 19.9. The van der Waals surface area contributed by atoms with E-state index in [2.05, 4.69) is 10.3 Å².